The average molecular weight is 287 g/mol. The van der Waals surface area contributed by atoms with Crippen LogP contribution in [0.1, 0.15) is 11.7 Å². The first-order valence-corrected chi connectivity index (χ1v) is 7.77. The molecule has 0 spiro atoms. The molecule has 0 saturated carbocycles. The van der Waals surface area contributed by atoms with Crippen molar-refractivity contribution < 1.29 is 9.00 Å². The van der Waals surface area contributed by atoms with Crippen LogP contribution >= 0.6 is 11.6 Å². The Kier molecular flexibility index (Phi) is 4.37. The summed E-state index contributed by atoms with van der Waals surface area (Å²) < 4.78 is 11.1. The smallest absolute Gasteiger partial charge is 0.238 e. The third-order valence-electron chi connectivity index (χ3n) is 2.88. The molecule has 1 saturated heterocycles. The van der Waals surface area contributed by atoms with Gasteiger partial charge in [0.1, 0.15) is 6.17 Å². The van der Waals surface area contributed by atoms with E-state index in [4.69, 9.17) is 11.6 Å². The van der Waals surface area contributed by atoms with Gasteiger partial charge in [-0.05, 0) is 17.7 Å². The second-order valence-corrected chi connectivity index (χ2v) is 6.19. The normalized spacial score (nSPS) is 21.3. The molecule has 1 amide bonds. The van der Waals surface area contributed by atoms with Gasteiger partial charge in [0.05, 0.1) is 6.54 Å². The molecule has 1 fully saturated rings. The zero-order valence-corrected chi connectivity index (χ0v) is 11.6. The minimum Gasteiger partial charge on any atom is -0.321 e. The van der Waals surface area contributed by atoms with E-state index in [0.29, 0.717) is 23.9 Å². The van der Waals surface area contributed by atoms with Gasteiger partial charge in [0, 0.05) is 34.4 Å². The molecular formula is C12H15ClN2O2S. The van der Waals surface area contributed by atoms with Gasteiger partial charge >= 0.3 is 0 Å². The van der Waals surface area contributed by atoms with Crippen molar-refractivity contribution in [2.45, 2.75) is 6.17 Å². The minimum atomic E-state index is -0.894. The van der Waals surface area contributed by atoms with Crippen LogP contribution in [0.5, 0.6) is 0 Å². The fraction of sp³-hybridized carbons (Fsp3) is 0.417. The zero-order valence-electron chi connectivity index (χ0n) is 10.1. The van der Waals surface area contributed by atoms with Crippen molar-refractivity contribution >= 4 is 28.3 Å². The summed E-state index contributed by atoms with van der Waals surface area (Å²) in [5.74, 6) is 0.540. The number of benzene rings is 1. The SMILES string of the molecule is CS(=O)CCN1C(=O)CNC1c1ccc(Cl)cc1. The first-order chi connectivity index (χ1) is 8.58. The molecule has 1 aromatic carbocycles. The van der Waals surface area contributed by atoms with Crippen LogP contribution in [-0.4, -0.2) is 40.1 Å². The van der Waals surface area contributed by atoms with E-state index in [0.717, 1.165) is 5.56 Å². The Morgan fingerprint density at radius 2 is 2.11 bits per heavy atom. The Morgan fingerprint density at radius 1 is 1.44 bits per heavy atom. The molecule has 98 valence electrons. The Morgan fingerprint density at radius 3 is 2.72 bits per heavy atom. The van der Waals surface area contributed by atoms with Crippen LogP contribution in [0.15, 0.2) is 24.3 Å². The van der Waals surface area contributed by atoms with Gasteiger partial charge in [-0.1, -0.05) is 23.7 Å². The molecule has 1 aliphatic rings. The van der Waals surface area contributed by atoms with Gasteiger partial charge in [-0.2, -0.15) is 0 Å². The van der Waals surface area contributed by atoms with Crippen LogP contribution in [0.2, 0.25) is 5.02 Å². The second kappa shape index (κ2) is 5.82. The Hall–Kier alpha value is -0.910. The summed E-state index contributed by atoms with van der Waals surface area (Å²) in [5.41, 5.74) is 0.993. The maximum atomic E-state index is 11.8. The molecule has 0 aliphatic carbocycles. The summed E-state index contributed by atoms with van der Waals surface area (Å²) in [6.07, 6.45) is 1.50. The van der Waals surface area contributed by atoms with E-state index in [1.54, 1.807) is 23.3 Å². The van der Waals surface area contributed by atoms with Crippen molar-refractivity contribution in [3.8, 4) is 0 Å². The van der Waals surface area contributed by atoms with E-state index >= 15 is 0 Å². The molecule has 1 N–H and O–H groups in total. The third-order valence-corrected chi connectivity index (χ3v) is 3.89. The molecule has 2 atom stereocenters. The van der Waals surface area contributed by atoms with Gasteiger partial charge in [0.25, 0.3) is 0 Å². The van der Waals surface area contributed by atoms with E-state index in [-0.39, 0.29) is 12.1 Å². The number of nitrogens with one attached hydrogen (secondary N) is 1. The first kappa shape index (κ1) is 13.5. The highest BCUT2D eigenvalue weighted by Gasteiger charge is 2.31. The number of nitrogens with zero attached hydrogens (tertiary/aromatic N) is 1. The lowest BCUT2D eigenvalue weighted by Gasteiger charge is -2.24. The molecule has 0 aromatic heterocycles. The second-order valence-electron chi connectivity index (χ2n) is 4.20. The fourth-order valence-electron chi connectivity index (χ4n) is 1.96. The first-order valence-electron chi connectivity index (χ1n) is 5.66. The summed E-state index contributed by atoms with van der Waals surface area (Å²) in [6.45, 7) is 0.825. The van der Waals surface area contributed by atoms with Gasteiger partial charge in [0.15, 0.2) is 0 Å². The monoisotopic (exact) mass is 286 g/mol. The molecule has 1 aromatic rings. The third kappa shape index (κ3) is 3.10. The highest BCUT2D eigenvalue weighted by molar-refractivity contribution is 7.84. The lowest BCUT2D eigenvalue weighted by molar-refractivity contribution is -0.127. The molecule has 2 rings (SSSR count). The molecule has 0 radical (unpaired) electrons. The highest BCUT2D eigenvalue weighted by Crippen LogP contribution is 2.23. The molecule has 0 bridgehead atoms. The van der Waals surface area contributed by atoms with E-state index in [1.807, 2.05) is 12.1 Å². The topological polar surface area (TPSA) is 49.4 Å². The summed E-state index contributed by atoms with van der Waals surface area (Å²) in [4.78, 5) is 13.5. The van der Waals surface area contributed by atoms with Gasteiger partial charge in [-0.15, -0.1) is 0 Å². The largest absolute Gasteiger partial charge is 0.321 e. The predicted molar refractivity (Wildman–Crippen MR) is 72.8 cm³/mol. The highest BCUT2D eigenvalue weighted by atomic mass is 35.5. The number of rotatable bonds is 4. The van der Waals surface area contributed by atoms with Crippen molar-refractivity contribution in [2.75, 3.05) is 25.1 Å². The van der Waals surface area contributed by atoms with E-state index in [2.05, 4.69) is 5.32 Å². The summed E-state index contributed by atoms with van der Waals surface area (Å²) in [5, 5.41) is 3.82. The number of amides is 1. The van der Waals surface area contributed by atoms with Crippen molar-refractivity contribution in [3.63, 3.8) is 0 Å². The van der Waals surface area contributed by atoms with E-state index in [1.165, 1.54) is 0 Å². The lowest BCUT2D eigenvalue weighted by atomic mass is 10.1. The van der Waals surface area contributed by atoms with Crippen LogP contribution in [0.3, 0.4) is 0 Å². The van der Waals surface area contributed by atoms with Gasteiger partial charge in [-0.3, -0.25) is 14.3 Å². The number of carbonyl (C=O) groups excluding carboxylic acids is 1. The number of hydrogen-bond acceptors (Lipinski definition) is 3. The van der Waals surface area contributed by atoms with Crippen LogP contribution in [0.4, 0.5) is 0 Å². The molecule has 1 heterocycles. The zero-order chi connectivity index (χ0) is 13.1. The van der Waals surface area contributed by atoms with Gasteiger partial charge in [-0.25, -0.2) is 0 Å². The van der Waals surface area contributed by atoms with Crippen molar-refractivity contribution in [1.82, 2.24) is 10.2 Å². The number of halogens is 1. The lowest BCUT2D eigenvalue weighted by Crippen LogP contribution is -2.33. The summed E-state index contributed by atoms with van der Waals surface area (Å²) in [7, 11) is -0.894. The van der Waals surface area contributed by atoms with Crippen LogP contribution in [0, 0.1) is 0 Å². The van der Waals surface area contributed by atoms with Crippen molar-refractivity contribution in [2.24, 2.45) is 0 Å². The predicted octanol–water partition coefficient (Wildman–Crippen LogP) is 1.15. The van der Waals surface area contributed by atoms with Crippen LogP contribution < -0.4 is 5.32 Å². The van der Waals surface area contributed by atoms with Gasteiger partial charge < -0.3 is 4.90 Å². The van der Waals surface area contributed by atoms with Crippen molar-refractivity contribution in [3.05, 3.63) is 34.9 Å². The van der Waals surface area contributed by atoms with E-state index < -0.39 is 10.8 Å². The molecule has 18 heavy (non-hydrogen) atoms. The Bertz CT molecular complexity index is 464. The van der Waals surface area contributed by atoms with Gasteiger partial charge in [0.2, 0.25) is 5.91 Å². The standard InChI is InChI=1S/C12H15ClN2O2S/c1-18(17)7-6-15-11(16)8-14-12(15)9-2-4-10(13)5-3-9/h2-5,12,14H,6-8H2,1H3. The van der Waals surface area contributed by atoms with Crippen molar-refractivity contribution in [1.29, 1.82) is 0 Å². The van der Waals surface area contributed by atoms with E-state index in [9.17, 15) is 9.00 Å². The number of hydrogen-bond donors (Lipinski definition) is 1. The molecule has 6 heteroatoms. The summed E-state index contributed by atoms with van der Waals surface area (Å²) in [6, 6.07) is 7.40. The maximum Gasteiger partial charge on any atom is 0.238 e. The Balaban J connectivity index is 2.13. The minimum absolute atomic E-state index is 0.0420. The number of carbonyl (C=O) groups is 1. The Labute approximate surface area is 114 Å². The van der Waals surface area contributed by atoms with Crippen LogP contribution in [-0.2, 0) is 15.6 Å². The molecular weight excluding hydrogens is 272 g/mol. The summed E-state index contributed by atoms with van der Waals surface area (Å²) >= 11 is 5.84. The quantitative estimate of drug-likeness (QED) is 0.903. The molecule has 4 nitrogen and oxygen atoms in total. The molecule has 2 unspecified atom stereocenters. The molecule has 1 aliphatic heterocycles. The maximum absolute atomic E-state index is 11.8. The fourth-order valence-corrected chi connectivity index (χ4v) is 2.54. The van der Waals surface area contributed by atoms with Crippen LogP contribution in [0.25, 0.3) is 0 Å². The average Bonchev–Trinajstić information content (AvgIpc) is 2.69.